The molecule has 0 radical (unpaired) electrons. The van der Waals surface area contributed by atoms with Gasteiger partial charge in [0.05, 0.1) is 11.0 Å². The Morgan fingerprint density at radius 1 is 0.406 bits per heavy atom. The van der Waals surface area contributed by atoms with E-state index in [4.69, 9.17) is 0 Å². The maximum atomic E-state index is 2.83. The van der Waals surface area contributed by atoms with Gasteiger partial charge in [-0.2, -0.15) is 0 Å². The van der Waals surface area contributed by atoms with Crippen LogP contribution in [0.3, 0.4) is 0 Å². The van der Waals surface area contributed by atoms with Gasteiger partial charge in [-0.1, -0.05) is 156 Å². The molecule has 0 aliphatic carbocycles. The summed E-state index contributed by atoms with van der Waals surface area (Å²) in [4.78, 5) is 0. The molecule has 1 spiro atoms. The first-order chi connectivity index (χ1) is 30.7. The Labute approximate surface area is 380 Å². The van der Waals surface area contributed by atoms with Crippen LogP contribution in [0.2, 0.25) is 0 Å². The topological polar surface area (TPSA) is 9.86 Å². The number of fused-ring (bicyclic) bond motifs is 14. The molecule has 4 heteroatoms. The van der Waals surface area contributed by atoms with Gasteiger partial charge in [0.1, 0.15) is 0 Å². The van der Waals surface area contributed by atoms with Crippen LogP contribution in [0.5, 0.6) is 0 Å². The Morgan fingerprint density at radius 3 is 1.56 bits per heavy atom. The van der Waals surface area contributed by atoms with Crippen LogP contribution in [-0.4, -0.2) is 23.9 Å². The summed E-state index contributed by atoms with van der Waals surface area (Å²) in [6, 6.07) is 43.5. The summed E-state index contributed by atoms with van der Waals surface area (Å²) < 4.78 is 5.54. The lowest BCUT2D eigenvalue weighted by Crippen LogP contribution is -2.77. The lowest BCUT2D eigenvalue weighted by atomic mass is 9.34. The Kier molecular flexibility index (Phi) is 7.78. The summed E-state index contributed by atoms with van der Waals surface area (Å²) >= 11 is 0. The van der Waals surface area contributed by atoms with Crippen LogP contribution in [0.1, 0.15) is 152 Å². The zero-order valence-electron chi connectivity index (χ0n) is 39.8. The zero-order valence-corrected chi connectivity index (χ0v) is 40.8. The van der Waals surface area contributed by atoms with Gasteiger partial charge in [0, 0.05) is 44.0 Å². The van der Waals surface area contributed by atoms with Crippen LogP contribution in [0.4, 0.5) is 0 Å². The molecule has 2 aromatic heterocycles. The fourth-order valence-electron chi connectivity index (χ4n) is 13.2. The number of hydrogen-bond donors (Lipinski definition) is 0. The van der Waals surface area contributed by atoms with Gasteiger partial charge in [0.2, 0.25) is 0 Å². The molecule has 0 saturated carbocycles. The number of benzene rings is 7. The van der Waals surface area contributed by atoms with Gasteiger partial charge in [0.15, 0.2) is 8.07 Å². The maximum absolute atomic E-state index is 2.97. The maximum Gasteiger partial charge on any atom is 0.252 e. The van der Waals surface area contributed by atoms with Crippen molar-refractivity contribution >= 4 is 95.5 Å². The third kappa shape index (κ3) is 4.54. The summed E-state index contributed by atoms with van der Waals surface area (Å²) in [5, 5.41) is 12.0. The average molecular weight is 847 g/mol. The van der Waals surface area contributed by atoms with E-state index in [0.29, 0.717) is 35.5 Å². The van der Waals surface area contributed by atoms with E-state index in [0.717, 1.165) is 0 Å². The van der Waals surface area contributed by atoms with E-state index in [1.54, 1.807) is 20.7 Å². The van der Waals surface area contributed by atoms with Gasteiger partial charge in [-0.15, -0.1) is 0 Å². The van der Waals surface area contributed by atoms with E-state index in [1.807, 2.05) is 0 Å². The molecular formula is C60H59BN2Si. The molecule has 4 aliphatic heterocycles. The van der Waals surface area contributed by atoms with Gasteiger partial charge >= 0.3 is 0 Å². The van der Waals surface area contributed by atoms with Crippen LogP contribution in [0, 0.1) is 0 Å². The van der Waals surface area contributed by atoms with Crippen molar-refractivity contribution in [2.24, 2.45) is 0 Å². The summed E-state index contributed by atoms with van der Waals surface area (Å²) in [7, 11) is -2.97. The summed E-state index contributed by atoms with van der Waals surface area (Å²) in [5.41, 5.74) is 24.4. The molecule has 0 N–H and O–H groups in total. The van der Waals surface area contributed by atoms with Crippen LogP contribution in [-0.2, 0) is 0 Å². The van der Waals surface area contributed by atoms with Gasteiger partial charge in [-0.3, -0.25) is 0 Å². The minimum Gasteiger partial charge on any atom is -0.310 e. The first-order valence-electron chi connectivity index (χ1n) is 24.5. The quantitative estimate of drug-likeness (QED) is 0.148. The molecule has 0 amide bonds. The predicted molar refractivity (Wildman–Crippen MR) is 280 cm³/mol. The first-order valence-corrected chi connectivity index (χ1v) is 26.5. The number of hydrogen-bond acceptors (Lipinski definition) is 0. The molecule has 7 aromatic carbocycles. The molecule has 0 bridgehead atoms. The highest BCUT2D eigenvalue weighted by Crippen LogP contribution is 2.45. The van der Waals surface area contributed by atoms with Crippen molar-refractivity contribution in [3.63, 3.8) is 0 Å². The first kappa shape index (κ1) is 38.8. The molecule has 13 rings (SSSR count). The van der Waals surface area contributed by atoms with Crippen LogP contribution in [0.25, 0.3) is 66.1 Å². The van der Waals surface area contributed by atoms with Crippen LogP contribution >= 0.6 is 0 Å². The second-order valence-electron chi connectivity index (χ2n) is 22.0. The van der Waals surface area contributed by atoms with E-state index in [1.165, 1.54) is 116 Å². The van der Waals surface area contributed by atoms with Gasteiger partial charge in [-0.25, -0.2) is 0 Å². The number of nitrogens with zero attached hydrogens (tertiary/aromatic N) is 2. The van der Waals surface area contributed by atoms with E-state index in [-0.39, 0.29) is 6.71 Å². The standard InChI is InChI=1S/C60H59BN2Si/c1-30(2)36-15-20-49-46(23-36)55-41(35(11)12)18-19-47-59(55)62(49)50-21-22-51-60-56(50)61(47)48-26-39(33(7)8)24-44-45-25-40(34(9)10)29-54(58(45)63(60)57(44)48)64(51)52-27-37(31(3)4)13-16-42(52)43-17-14-38(32(5)6)28-53(43)64/h13-35H,1-12H3. The third-order valence-corrected chi connectivity index (χ3v) is 21.4. The van der Waals surface area contributed by atoms with Crippen molar-refractivity contribution < 1.29 is 0 Å². The van der Waals surface area contributed by atoms with E-state index in [2.05, 4.69) is 195 Å². The summed E-state index contributed by atoms with van der Waals surface area (Å²) in [6.07, 6.45) is 0. The van der Waals surface area contributed by atoms with Crippen molar-refractivity contribution in [3.8, 4) is 22.5 Å². The zero-order chi connectivity index (χ0) is 44.2. The molecule has 64 heavy (non-hydrogen) atoms. The molecule has 316 valence electrons. The average Bonchev–Trinajstić information content (AvgIpc) is 3.90. The lowest BCUT2D eigenvalue weighted by molar-refractivity contribution is 0.868. The second kappa shape index (κ2) is 12.8. The highest BCUT2D eigenvalue weighted by atomic mass is 28.3. The monoisotopic (exact) mass is 846 g/mol. The molecule has 9 aromatic rings. The fourth-order valence-corrected chi connectivity index (χ4v) is 18.9. The summed E-state index contributed by atoms with van der Waals surface area (Å²) in [5.74, 6) is 2.51. The molecule has 0 saturated heterocycles. The normalized spacial score (nSPS) is 14.9. The Hall–Kier alpha value is -5.58. The predicted octanol–water partition coefficient (Wildman–Crippen LogP) is 11.4. The molecule has 0 fully saturated rings. The molecule has 6 heterocycles. The van der Waals surface area contributed by atoms with Crippen molar-refractivity contribution in [2.75, 3.05) is 0 Å². The van der Waals surface area contributed by atoms with E-state index < -0.39 is 8.07 Å². The van der Waals surface area contributed by atoms with Gasteiger partial charge < -0.3 is 9.13 Å². The van der Waals surface area contributed by atoms with Gasteiger partial charge in [-0.05, 0) is 147 Å². The molecule has 0 atom stereocenters. The van der Waals surface area contributed by atoms with Crippen molar-refractivity contribution in [1.82, 2.24) is 9.13 Å². The Balaban J connectivity index is 1.30. The lowest BCUT2D eigenvalue weighted by Gasteiger charge is -2.43. The number of rotatable bonds is 6. The van der Waals surface area contributed by atoms with Crippen LogP contribution < -0.4 is 37.1 Å². The second-order valence-corrected chi connectivity index (χ2v) is 25.7. The highest BCUT2D eigenvalue weighted by molar-refractivity contribution is 7.24. The minimum absolute atomic E-state index is 0.106. The van der Waals surface area contributed by atoms with E-state index in [9.17, 15) is 0 Å². The minimum atomic E-state index is -2.97. The number of aromatic nitrogens is 2. The Morgan fingerprint density at radius 2 is 0.953 bits per heavy atom. The highest BCUT2D eigenvalue weighted by Gasteiger charge is 2.56. The van der Waals surface area contributed by atoms with Gasteiger partial charge in [0.25, 0.3) is 6.71 Å². The summed E-state index contributed by atoms with van der Waals surface area (Å²) in [6.45, 7) is 28.6. The van der Waals surface area contributed by atoms with Crippen molar-refractivity contribution in [1.29, 1.82) is 0 Å². The SMILES string of the molecule is CC(C)c1ccc2c(c1)[Si]1(c3cc(C(C)C)ccc3-2)c2ccc3c4c2-n2c5c(cc(C(C)C)cc5c5cc(C(C)C)cc1c52)B4c1ccc(C(C)C)c2c4cc(C(C)C)ccc4n-3c12. The molecule has 0 unspecified atom stereocenters. The van der Waals surface area contributed by atoms with Crippen LogP contribution in [0.15, 0.2) is 103 Å². The Bertz CT molecular complexity index is 3530. The largest absolute Gasteiger partial charge is 0.310 e. The van der Waals surface area contributed by atoms with E-state index >= 15 is 0 Å². The molecule has 4 aliphatic rings. The fraction of sp³-hybridized carbons (Fsp3) is 0.300. The smallest absolute Gasteiger partial charge is 0.252 e. The third-order valence-electron chi connectivity index (χ3n) is 16.5. The molecular weight excluding hydrogens is 788 g/mol. The van der Waals surface area contributed by atoms with Crippen molar-refractivity contribution in [3.05, 3.63) is 137 Å². The van der Waals surface area contributed by atoms with Crippen molar-refractivity contribution in [2.45, 2.75) is 119 Å². The molecule has 2 nitrogen and oxygen atoms in total.